The molecule has 2 aliphatic heterocycles. The molecule has 2 atom stereocenters. The van der Waals surface area contributed by atoms with Gasteiger partial charge in [0.2, 0.25) is 0 Å². The van der Waals surface area contributed by atoms with Crippen molar-refractivity contribution in [1.82, 2.24) is 4.90 Å². The maximum atomic E-state index is 2.85. The van der Waals surface area contributed by atoms with Crippen LogP contribution in [-0.2, 0) is 0 Å². The van der Waals surface area contributed by atoms with Crippen LogP contribution >= 0.6 is 23.5 Å². The Hall–Kier alpha value is 0.660. The highest BCUT2D eigenvalue weighted by molar-refractivity contribution is 8.03. The summed E-state index contributed by atoms with van der Waals surface area (Å²) < 4.78 is 0. The van der Waals surface area contributed by atoms with Crippen LogP contribution in [0.4, 0.5) is 0 Å². The summed E-state index contributed by atoms with van der Waals surface area (Å²) in [7, 11) is 0. The van der Waals surface area contributed by atoms with Crippen LogP contribution in [0, 0.1) is 5.92 Å². The van der Waals surface area contributed by atoms with E-state index in [0.29, 0.717) is 0 Å². The molecule has 1 nitrogen and oxygen atoms in total. The van der Waals surface area contributed by atoms with E-state index in [-0.39, 0.29) is 0 Å². The Bertz CT molecular complexity index is 201. The van der Waals surface area contributed by atoms with Crippen molar-refractivity contribution >= 4 is 23.5 Å². The van der Waals surface area contributed by atoms with E-state index in [9.17, 15) is 0 Å². The first kappa shape index (κ1) is 9.86. The van der Waals surface area contributed by atoms with Crippen LogP contribution in [0.25, 0.3) is 0 Å². The van der Waals surface area contributed by atoms with Gasteiger partial charge in [-0.25, -0.2) is 0 Å². The minimum atomic E-state index is 0.905. The second-order valence-electron chi connectivity index (χ2n) is 4.83. The maximum absolute atomic E-state index is 2.85. The second kappa shape index (κ2) is 4.26. The lowest BCUT2D eigenvalue weighted by atomic mass is 10.1. The molecular formula is C11H19NS2. The molecule has 0 aromatic rings. The average molecular weight is 229 g/mol. The molecule has 1 aliphatic carbocycles. The van der Waals surface area contributed by atoms with Crippen LogP contribution in [0.3, 0.4) is 0 Å². The van der Waals surface area contributed by atoms with Gasteiger partial charge < -0.3 is 0 Å². The highest BCUT2D eigenvalue weighted by Crippen LogP contribution is 2.39. The normalized spacial score (nSPS) is 40.3. The van der Waals surface area contributed by atoms with E-state index in [4.69, 9.17) is 0 Å². The van der Waals surface area contributed by atoms with Crippen LogP contribution < -0.4 is 0 Å². The first-order valence-corrected chi connectivity index (χ1v) is 8.15. The Labute approximate surface area is 95.4 Å². The molecule has 2 saturated heterocycles. The van der Waals surface area contributed by atoms with Gasteiger partial charge in [0, 0.05) is 41.6 Å². The standard InChI is InChI=1S/C11H19NS2/c1-2-10-5-9(1)6-12(10)11-7-13-3-4-14-8-11/h9-11H,1-8H2/t9-,10-/m0/s1. The lowest BCUT2D eigenvalue weighted by Crippen LogP contribution is -2.43. The first-order chi connectivity index (χ1) is 6.93. The topological polar surface area (TPSA) is 3.24 Å². The van der Waals surface area contributed by atoms with E-state index >= 15 is 0 Å². The van der Waals surface area contributed by atoms with Crippen LogP contribution in [0.5, 0.6) is 0 Å². The predicted molar refractivity (Wildman–Crippen MR) is 66.3 cm³/mol. The SMILES string of the molecule is C1CSCC(N2C[C@H]3CC[C@H]2C3)CS1. The second-order valence-corrected chi connectivity index (χ2v) is 7.13. The van der Waals surface area contributed by atoms with Crippen LogP contribution in [0.15, 0.2) is 0 Å². The molecule has 0 aromatic heterocycles. The number of rotatable bonds is 1. The predicted octanol–water partition coefficient (Wildman–Crippen LogP) is 2.32. The molecule has 0 aromatic carbocycles. The zero-order valence-electron chi connectivity index (χ0n) is 8.65. The van der Waals surface area contributed by atoms with Crippen LogP contribution in [0.2, 0.25) is 0 Å². The number of hydrogen-bond donors (Lipinski definition) is 0. The fourth-order valence-electron chi connectivity index (χ4n) is 3.21. The summed E-state index contributed by atoms with van der Waals surface area (Å²) in [4.78, 5) is 2.85. The lowest BCUT2D eigenvalue weighted by molar-refractivity contribution is 0.175. The number of hydrogen-bond acceptors (Lipinski definition) is 3. The zero-order valence-corrected chi connectivity index (χ0v) is 10.3. The van der Waals surface area contributed by atoms with Crippen molar-refractivity contribution in [3.05, 3.63) is 0 Å². The molecule has 0 N–H and O–H groups in total. The Kier molecular flexibility index (Phi) is 3.00. The summed E-state index contributed by atoms with van der Waals surface area (Å²) in [6.07, 6.45) is 4.54. The van der Waals surface area contributed by atoms with Crippen molar-refractivity contribution in [2.45, 2.75) is 31.3 Å². The summed E-state index contributed by atoms with van der Waals surface area (Å²) in [6, 6.07) is 1.88. The Balaban J connectivity index is 1.63. The number of thioether (sulfide) groups is 2. The van der Waals surface area contributed by atoms with Crippen LogP contribution in [-0.4, -0.2) is 46.5 Å². The molecule has 0 spiro atoms. The van der Waals surface area contributed by atoms with Crippen molar-refractivity contribution in [2.75, 3.05) is 29.6 Å². The molecule has 0 unspecified atom stereocenters. The molecule has 3 rings (SSSR count). The van der Waals surface area contributed by atoms with Crippen molar-refractivity contribution < 1.29 is 0 Å². The third kappa shape index (κ3) is 1.83. The molecule has 3 fully saturated rings. The summed E-state index contributed by atoms with van der Waals surface area (Å²) in [5, 5.41) is 0. The van der Waals surface area contributed by atoms with Gasteiger partial charge in [-0.15, -0.1) is 0 Å². The van der Waals surface area contributed by atoms with Crippen molar-refractivity contribution in [3.63, 3.8) is 0 Å². The molecule has 0 radical (unpaired) electrons. The molecule has 3 aliphatic rings. The molecule has 3 heteroatoms. The van der Waals surface area contributed by atoms with Crippen LogP contribution in [0.1, 0.15) is 19.3 Å². The molecule has 14 heavy (non-hydrogen) atoms. The number of piperidine rings is 1. The number of fused-ring (bicyclic) bond motifs is 2. The minimum Gasteiger partial charge on any atom is -0.296 e. The maximum Gasteiger partial charge on any atom is 0.0280 e. The molecule has 80 valence electrons. The zero-order chi connectivity index (χ0) is 9.38. The smallest absolute Gasteiger partial charge is 0.0280 e. The van der Waals surface area contributed by atoms with Gasteiger partial charge in [-0.2, -0.15) is 23.5 Å². The Morgan fingerprint density at radius 3 is 2.29 bits per heavy atom. The third-order valence-electron chi connectivity index (χ3n) is 3.91. The van der Waals surface area contributed by atoms with E-state index < -0.39 is 0 Å². The Morgan fingerprint density at radius 1 is 0.929 bits per heavy atom. The summed E-state index contributed by atoms with van der Waals surface area (Å²) in [5.74, 6) is 6.62. The van der Waals surface area contributed by atoms with Gasteiger partial charge in [-0.1, -0.05) is 0 Å². The van der Waals surface area contributed by atoms with Gasteiger partial charge in [0.25, 0.3) is 0 Å². The van der Waals surface area contributed by atoms with E-state index in [1.807, 2.05) is 0 Å². The quantitative estimate of drug-likeness (QED) is 0.679. The number of likely N-dealkylation sites (tertiary alicyclic amines) is 1. The van der Waals surface area contributed by atoms with E-state index in [0.717, 1.165) is 18.0 Å². The fourth-order valence-corrected chi connectivity index (χ4v) is 5.79. The highest BCUT2D eigenvalue weighted by Gasteiger charge is 2.40. The van der Waals surface area contributed by atoms with E-state index in [1.54, 1.807) is 0 Å². The first-order valence-electron chi connectivity index (χ1n) is 5.85. The monoisotopic (exact) mass is 229 g/mol. The van der Waals surface area contributed by atoms with Gasteiger partial charge in [0.05, 0.1) is 0 Å². The number of nitrogens with zero attached hydrogens (tertiary/aromatic N) is 1. The fraction of sp³-hybridized carbons (Fsp3) is 1.00. The average Bonchev–Trinajstić information content (AvgIpc) is 2.72. The van der Waals surface area contributed by atoms with Gasteiger partial charge in [-0.05, 0) is 25.2 Å². The molecule has 1 saturated carbocycles. The van der Waals surface area contributed by atoms with Gasteiger partial charge in [0.1, 0.15) is 0 Å². The van der Waals surface area contributed by atoms with E-state index in [1.165, 1.54) is 48.8 Å². The van der Waals surface area contributed by atoms with Crippen molar-refractivity contribution in [1.29, 1.82) is 0 Å². The Morgan fingerprint density at radius 2 is 1.71 bits per heavy atom. The summed E-state index contributed by atoms with van der Waals surface area (Å²) >= 11 is 4.35. The minimum absolute atomic E-state index is 0.905. The van der Waals surface area contributed by atoms with E-state index in [2.05, 4.69) is 28.4 Å². The third-order valence-corrected chi connectivity index (χ3v) is 6.40. The summed E-state index contributed by atoms with van der Waals surface area (Å²) in [5.41, 5.74) is 0. The lowest BCUT2D eigenvalue weighted by Gasteiger charge is -2.33. The molecule has 2 bridgehead atoms. The molecule has 2 heterocycles. The largest absolute Gasteiger partial charge is 0.296 e. The molecule has 0 amide bonds. The highest BCUT2D eigenvalue weighted by atomic mass is 32.2. The van der Waals surface area contributed by atoms with Gasteiger partial charge in [0.15, 0.2) is 0 Å². The molecular weight excluding hydrogens is 210 g/mol. The summed E-state index contributed by atoms with van der Waals surface area (Å²) in [6.45, 7) is 1.43. The van der Waals surface area contributed by atoms with Gasteiger partial charge >= 0.3 is 0 Å². The van der Waals surface area contributed by atoms with Crippen molar-refractivity contribution in [2.24, 2.45) is 5.92 Å². The van der Waals surface area contributed by atoms with Crippen molar-refractivity contribution in [3.8, 4) is 0 Å². The van der Waals surface area contributed by atoms with Gasteiger partial charge in [-0.3, -0.25) is 4.90 Å².